The highest BCUT2D eigenvalue weighted by molar-refractivity contribution is 5.98. The number of carbonyl (C=O) groups is 3. The standard InChI is InChI=1S/C19H27N3O4/c1-2-26-16-10-6-5-9-15(16)19(25)22-13-17(23)20-11-12-21-18(24)14-7-3-4-8-14/h5-6,9-10,14H,2-4,7-8,11-13H2,1H3,(H,20,23)(H,21,24)(H,22,25). The van der Waals surface area contributed by atoms with E-state index in [0.29, 0.717) is 31.0 Å². The van der Waals surface area contributed by atoms with E-state index in [4.69, 9.17) is 4.74 Å². The van der Waals surface area contributed by atoms with Gasteiger partial charge in [-0.25, -0.2) is 0 Å². The van der Waals surface area contributed by atoms with Gasteiger partial charge in [-0.05, 0) is 31.9 Å². The van der Waals surface area contributed by atoms with Crippen LogP contribution in [0.3, 0.4) is 0 Å². The molecule has 0 radical (unpaired) electrons. The maximum absolute atomic E-state index is 12.2. The molecule has 1 aliphatic carbocycles. The lowest BCUT2D eigenvalue weighted by Gasteiger charge is -2.12. The van der Waals surface area contributed by atoms with Crippen LogP contribution in [-0.2, 0) is 9.59 Å². The molecule has 0 aliphatic heterocycles. The van der Waals surface area contributed by atoms with Crippen LogP contribution >= 0.6 is 0 Å². The number of amides is 3. The van der Waals surface area contributed by atoms with Crippen LogP contribution < -0.4 is 20.7 Å². The summed E-state index contributed by atoms with van der Waals surface area (Å²) < 4.78 is 5.41. The van der Waals surface area contributed by atoms with Crippen molar-refractivity contribution in [1.82, 2.24) is 16.0 Å². The third-order valence-corrected chi connectivity index (χ3v) is 4.31. The highest BCUT2D eigenvalue weighted by atomic mass is 16.5. The molecule has 3 amide bonds. The molecular weight excluding hydrogens is 334 g/mol. The Morgan fingerprint density at radius 2 is 1.73 bits per heavy atom. The maximum Gasteiger partial charge on any atom is 0.255 e. The van der Waals surface area contributed by atoms with Crippen molar-refractivity contribution in [3.8, 4) is 5.75 Å². The summed E-state index contributed by atoms with van der Waals surface area (Å²) in [6.07, 6.45) is 4.13. The van der Waals surface area contributed by atoms with Crippen molar-refractivity contribution in [2.45, 2.75) is 32.6 Å². The predicted octanol–water partition coefficient (Wildman–Crippen LogP) is 1.24. The lowest BCUT2D eigenvalue weighted by Crippen LogP contribution is -2.41. The van der Waals surface area contributed by atoms with E-state index in [1.54, 1.807) is 24.3 Å². The molecule has 1 aromatic rings. The zero-order valence-electron chi connectivity index (χ0n) is 15.2. The summed E-state index contributed by atoms with van der Waals surface area (Å²) in [5.74, 6) is 0.0107. The molecule has 3 N–H and O–H groups in total. The Balaban J connectivity index is 1.65. The summed E-state index contributed by atoms with van der Waals surface area (Å²) in [7, 11) is 0. The molecule has 7 nitrogen and oxygen atoms in total. The number of benzene rings is 1. The van der Waals surface area contributed by atoms with Gasteiger partial charge in [0.05, 0.1) is 18.7 Å². The SMILES string of the molecule is CCOc1ccccc1C(=O)NCC(=O)NCCNC(=O)C1CCCC1. The zero-order valence-corrected chi connectivity index (χ0v) is 15.2. The third-order valence-electron chi connectivity index (χ3n) is 4.31. The monoisotopic (exact) mass is 361 g/mol. The molecular formula is C19H27N3O4. The minimum absolute atomic E-state index is 0.0672. The van der Waals surface area contributed by atoms with Gasteiger partial charge in [-0.2, -0.15) is 0 Å². The summed E-state index contributed by atoms with van der Waals surface area (Å²) in [4.78, 5) is 35.9. The van der Waals surface area contributed by atoms with Crippen LogP contribution in [0.5, 0.6) is 5.75 Å². The summed E-state index contributed by atoms with van der Waals surface area (Å²) in [6.45, 7) is 2.89. The molecule has 7 heteroatoms. The van der Waals surface area contributed by atoms with Gasteiger partial charge in [-0.1, -0.05) is 25.0 Å². The molecule has 26 heavy (non-hydrogen) atoms. The number of nitrogens with one attached hydrogen (secondary N) is 3. The fourth-order valence-electron chi connectivity index (χ4n) is 2.97. The summed E-state index contributed by atoms with van der Waals surface area (Å²) in [5, 5.41) is 8.08. The maximum atomic E-state index is 12.2. The van der Waals surface area contributed by atoms with Crippen molar-refractivity contribution in [1.29, 1.82) is 0 Å². The first-order valence-electron chi connectivity index (χ1n) is 9.16. The second-order valence-electron chi connectivity index (χ2n) is 6.23. The minimum Gasteiger partial charge on any atom is -0.493 e. The van der Waals surface area contributed by atoms with Crippen LogP contribution in [0.25, 0.3) is 0 Å². The third kappa shape index (κ3) is 6.06. The quantitative estimate of drug-likeness (QED) is 0.577. The Morgan fingerprint density at radius 1 is 1.04 bits per heavy atom. The molecule has 0 aromatic heterocycles. The Labute approximate surface area is 153 Å². The fourth-order valence-corrected chi connectivity index (χ4v) is 2.97. The average molecular weight is 361 g/mol. The lowest BCUT2D eigenvalue weighted by molar-refractivity contribution is -0.125. The summed E-state index contributed by atoms with van der Waals surface area (Å²) in [5.41, 5.74) is 0.394. The number of hydrogen-bond donors (Lipinski definition) is 3. The van der Waals surface area contributed by atoms with Gasteiger partial charge >= 0.3 is 0 Å². The van der Waals surface area contributed by atoms with Crippen molar-refractivity contribution in [2.75, 3.05) is 26.2 Å². The van der Waals surface area contributed by atoms with Crippen LogP contribution in [0.15, 0.2) is 24.3 Å². The molecule has 1 aliphatic rings. The minimum atomic E-state index is -0.362. The van der Waals surface area contributed by atoms with Gasteiger partial charge in [0.2, 0.25) is 11.8 Å². The van der Waals surface area contributed by atoms with Crippen LogP contribution in [0.4, 0.5) is 0 Å². The zero-order chi connectivity index (χ0) is 18.8. The van der Waals surface area contributed by atoms with Crippen LogP contribution in [-0.4, -0.2) is 44.0 Å². The Bertz CT molecular complexity index is 627. The van der Waals surface area contributed by atoms with Crippen molar-refractivity contribution in [3.05, 3.63) is 29.8 Å². The second kappa shape index (κ2) is 10.4. The van der Waals surface area contributed by atoms with Gasteiger partial charge in [-0.15, -0.1) is 0 Å². The van der Waals surface area contributed by atoms with E-state index in [1.165, 1.54) is 0 Å². The predicted molar refractivity (Wildman–Crippen MR) is 97.9 cm³/mol. The molecule has 142 valence electrons. The van der Waals surface area contributed by atoms with Gasteiger partial charge in [-0.3, -0.25) is 14.4 Å². The Kier molecular flexibility index (Phi) is 7.92. The molecule has 0 spiro atoms. The van der Waals surface area contributed by atoms with Crippen LogP contribution in [0, 0.1) is 5.92 Å². The molecule has 0 heterocycles. The largest absolute Gasteiger partial charge is 0.493 e. The van der Waals surface area contributed by atoms with Crippen molar-refractivity contribution in [2.24, 2.45) is 5.92 Å². The van der Waals surface area contributed by atoms with Gasteiger partial charge in [0.25, 0.3) is 5.91 Å². The second-order valence-corrected chi connectivity index (χ2v) is 6.23. The number of ether oxygens (including phenoxy) is 1. The first-order valence-corrected chi connectivity index (χ1v) is 9.16. The van der Waals surface area contributed by atoms with Crippen molar-refractivity contribution >= 4 is 17.7 Å². The topological polar surface area (TPSA) is 96.5 Å². The van der Waals surface area contributed by atoms with Crippen LogP contribution in [0.2, 0.25) is 0 Å². The van der Waals surface area contributed by atoms with Gasteiger partial charge < -0.3 is 20.7 Å². The van der Waals surface area contributed by atoms with Gasteiger partial charge in [0, 0.05) is 19.0 Å². The number of para-hydroxylation sites is 1. The van der Waals surface area contributed by atoms with E-state index >= 15 is 0 Å². The number of carbonyl (C=O) groups excluding carboxylic acids is 3. The summed E-state index contributed by atoms with van der Waals surface area (Å²) >= 11 is 0. The smallest absolute Gasteiger partial charge is 0.255 e. The molecule has 1 aromatic carbocycles. The van der Waals surface area contributed by atoms with Gasteiger partial charge in [0.15, 0.2) is 0 Å². The fraction of sp³-hybridized carbons (Fsp3) is 0.526. The normalized spacial score (nSPS) is 13.9. The van der Waals surface area contributed by atoms with E-state index in [0.717, 1.165) is 25.7 Å². The molecule has 2 rings (SSSR count). The van der Waals surface area contributed by atoms with E-state index in [-0.39, 0.29) is 30.2 Å². The highest BCUT2D eigenvalue weighted by Crippen LogP contribution is 2.24. The molecule has 0 saturated heterocycles. The molecule has 1 saturated carbocycles. The Hall–Kier alpha value is -2.57. The average Bonchev–Trinajstić information content (AvgIpc) is 3.18. The highest BCUT2D eigenvalue weighted by Gasteiger charge is 2.21. The molecule has 0 unspecified atom stereocenters. The van der Waals surface area contributed by atoms with E-state index in [1.807, 2.05) is 6.92 Å². The van der Waals surface area contributed by atoms with Crippen molar-refractivity contribution < 1.29 is 19.1 Å². The first kappa shape index (κ1) is 19.8. The van der Waals surface area contributed by atoms with E-state index < -0.39 is 0 Å². The molecule has 0 bridgehead atoms. The van der Waals surface area contributed by atoms with Crippen LogP contribution in [0.1, 0.15) is 43.0 Å². The number of rotatable bonds is 9. The van der Waals surface area contributed by atoms with E-state index in [2.05, 4.69) is 16.0 Å². The van der Waals surface area contributed by atoms with Crippen molar-refractivity contribution in [3.63, 3.8) is 0 Å². The molecule has 0 atom stereocenters. The molecule has 1 fully saturated rings. The van der Waals surface area contributed by atoms with E-state index in [9.17, 15) is 14.4 Å². The first-order chi connectivity index (χ1) is 12.6. The Morgan fingerprint density at radius 3 is 2.46 bits per heavy atom. The lowest BCUT2D eigenvalue weighted by atomic mass is 10.1. The number of hydrogen-bond acceptors (Lipinski definition) is 4. The van der Waals surface area contributed by atoms with Gasteiger partial charge in [0.1, 0.15) is 5.75 Å². The summed E-state index contributed by atoms with van der Waals surface area (Å²) in [6, 6.07) is 6.89.